The number of hydrogen-bond donors (Lipinski definition) is 4. The Labute approximate surface area is 217 Å². The molecule has 2 fully saturated rings. The first-order valence-electron chi connectivity index (χ1n) is 11.6. The minimum absolute atomic E-state index is 0.523. The smallest absolute Gasteiger partial charge is 0.303 e. The van der Waals surface area contributed by atoms with E-state index in [-0.39, 0.29) is 0 Å². The first kappa shape index (κ1) is 31.3. The highest BCUT2D eigenvalue weighted by Crippen LogP contribution is 2.33. The number of nitrogens with one attached hydrogen (secondary N) is 1. The average molecular weight is 551 g/mol. The van der Waals surface area contributed by atoms with E-state index in [1.807, 2.05) is 0 Å². The molecule has 1 unspecified atom stereocenters. The lowest BCUT2D eigenvalue weighted by Gasteiger charge is -2.48. The van der Waals surface area contributed by atoms with Gasteiger partial charge in [0.15, 0.2) is 30.9 Å². The van der Waals surface area contributed by atoms with Crippen LogP contribution in [-0.2, 0) is 57.1 Å². The van der Waals surface area contributed by atoms with Crippen molar-refractivity contribution in [1.82, 2.24) is 5.32 Å². The van der Waals surface area contributed by atoms with Crippen molar-refractivity contribution in [1.29, 1.82) is 0 Å². The molecule has 2 saturated heterocycles. The summed E-state index contributed by atoms with van der Waals surface area (Å²) in [5, 5.41) is 33.1. The molecule has 1 amide bonds. The standard InChI is InChI=1S/C22H33NO15/c1-8(25)23-15-18(16(30)13(6-24)36-21(15)31)38-22-20(35-12(5)29)19(34-11(4)28)17(33-10(3)27)14(37-22)7-32-9(2)26/h13-22,24,30-31H,6-7H2,1-5H3,(H,23,25)/t13-,14-,15-,16+,17+,18-,19+,20-,21?,22+/m1/s1. The first-order chi connectivity index (χ1) is 17.7. The third-order valence-electron chi connectivity index (χ3n) is 5.48. The van der Waals surface area contributed by atoms with E-state index in [9.17, 15) is 39.3 Å². The van der Waals surface area contributed by atoms with Crippen LogP contribution in [0, 0.1) is 0 Å². The predicted molar refractivity (Wildman–Crippen MR) is 118 cm³/mol. The summed E-state index contributed by atoms with van der Waals surface area (Å²) >= 11 is 0. The Kier molecular flexibility index (Phi) is 11.4. The van der Waals surface area contributed by atoms with E-state index in [1.54, 1.807) is 0 Å². The number of ether oxygens (including phenoxy) is 7. The van der Waals surface area contributed by atoms with Gasteiger partial charge in [0.05, 0.1) is 6.61 Å². The van der Waals surface area contributed by atoms with E-state index < -0.39 is 104 Å². The van der Waals surface area contributed by atoms with Crippen LogP contribution in [0.3, 0.4) is 0 Å². The maximum absolute atomic E-state index is 12.0. The topological polar surface area (TPSA) is 223 Å². The molecule has 0 radical (unpaired) electrons. The van der Waals surface area contributed by atoms with Gasteiger partial charge in [0.25, 0.3) is 0 Å². The van der Waals surface area contributed by atoms with E-state index in [0.29, 0.717) is 0 Å². The molecule has 0 aromatic heterocycles. The van der Waals surface area contributed by atoms with Crippen LogP contribution < -0.4 is 5.32 Å². The van der Waals surface area contributed by atoms with Gasteiger partial charge in [-0.15, -0.1) is 0 Å². The van der Waals surface area contributed by atoms with Crippen molar-refractivity contribution in [3.63, 3.8) is 0 Å². The molecule has 0 bridgehead atoms. The molecule has 2 aliphatic rings. The van der Waals surface area contributed by atoms with Crippen LogP contribution in [0.5, 0.6) is 0 Å². The highest BCUT2D eigenvalue weighted by atomic mass is 16.7. The fraction of sp³-hybridized carbons (Fsp3) is 0.773. The molecular formula is C22H33NO15. The maximum atomic E-state index is 12.0. The van der Waals surface area contributed by atoms with Crippen molar-refractivity contribution in [3.8, 4) is 0 Å². The number of carbonyl (C=O) groups is 5. The molecule has 10 atom stereocenters. The number of esters is 4. The van der Waals surface area contributed by atoms with Crippen LogP contribution >= 0.6 is 0 Å². The Morgan fingerprint density at radius 2 is 1.29 bits per heavy atom. The second-order valence-corrected chi connectivity index (χ2v) is 8.63. The number of carbonyl (C=O) groups excluding carboxylic acids is 5. The molecule has 4 N–H and O–H groups in total. The van der Waals surface area contributed by atoms with Crippen LogP contribution in [-0.4, -0.2) is 120 Å². The second kappa shape index (κ2) is 13.8. The van der Waals surface area contributed by atoms with Gasteiger partial charge in [0.2, 0.25) is 5.91 Å². The maximum Gasteiger partial charge on any atom is 0.303 e. The van der Waals surface area contributed by atoms with Crippen LogP contribution in [0.1, 0.15) is 34.6 Å². The second-order valence-electron chi connectivity index (χ2n) is 8.63. The monoisotopic (exact) mass is 551 g/mol. The lowest BCUT2D eigenvalue weighted by atomic mass is 9.95. The zero-order valence-electron chi connectivity index (χ0n) is 21.4. The fourth-order valence-corrected chi connectivity index (χ4v) is 4.09. The molecule has 0 aromatic carbocycles. The van der Waals surface area contributed by atoms with Gasteiger partial charge in [-0.25, -0.2) is 0 Å². The van der Waals surface area contributed by atoms with Gasteiger partial charge in [-0.1, -0.05) is 0 Å². The Morgan fingerprint density at radius 3 is 1.79 bits per heavy atom. The van der Waals surface area contributed by atoms with Crippen LogP contribution in [0.25, 0.3) is 0 Å². The van der Waals surface area contributed by atoms with E-state index in [2.05, 4.69) is 5.32 Å². The van der Waals surface area contributed by atoms with Crippen molar-refractivity contribution in [3.05, 3.63) is 0 Å². The molecule has 38 heavy (non-hydrogen) atoms. The van der Waals surface area contributed by atoms with Crippen molar-refractivity contribution in [2.75, 3.05) is 13.2 Å². The molecule has 0 aliphatic carbocycles. The van der Waals surface area contributed by atoms with E-state index in [1.165, 1.54) is 0 Å². The van der Waals surface area contributed by atoms with Crippen LogP contribution in [0.4, 0.5) is 0 Å². The Balaban J connectivity index is 2.54. The molecule has 0 aromatic rings. The molecule has 216 valence electrons. The third kappa shape index (κ3) is 8.31. The SMILES string of the molecule is CC(=O)N[C@H]1C(O)O[C@H](CO)[C@H](O)[C@@H]1O[C@@H]1O[C@H](COC(C)=O)[C@H](OC(C)=O)[C@H](OC(C)=O)[C@H]1OC(C)=O. The molecule has 2 heterocycles. The number of rotatable bonds is 9. The number of aliphatic hydroxyl groups is 3. The predicted octanol–water partition coefficient (Wildman–Crippen LogP) is -2.97. The van der Waals surface area contributed by atoms with Crippen molar-refractivity contribution in [2.24, 2.45) is 0 Å². The van der Waals surface area contributed by atoms with E-state index >= 15 is 0 Å². The third-order valence-corrected chi connectivity index (χ3v) is 5.48. The van der Waals surface area contributed by atoms with Gasteiger partial charge < -0.3 is 53.8 Å². The lowest BCUT2D eigenvalue weighted by molar-refractivity contribution is -0.343. The summed E-state index contributed by atoms with van der Waals surface area (Å²) in [6.45, 7) is 4.10. The van der Waals surface area contributed by atoms with Gasteiger partial charge >= 0.3 is 23.9 Å². The Hall–Kier alpha value is -2.89. The molecule has 2 aliphatic heterocycles. The van der Waals surface area contributed by atoms with Crippen molar-refractivity contribution < 1.29 is 72.5 Å². The van der Waals surface area contributed by atoms with Crippen LogP contribution in [0.2, 0.25) is 0 Å². The minimum Gasteiger partial charge on any atom is -0.463 e. The highest BCUT2D eigenvalue weighted by molar-refractivity contribution is 5.73. The first-order valence-corrected chi connectivity index (χ1v) is 11.6. The van der Waals surface area contributed by atoms with Gasteiger partial charge in [-0.2, -0.15) is 0 Å². The fourth-order valence-electron chi connectivity index (χ4n) is 4.09. The average Bonchev–Trinajstić information content (AvgIpc) is 2.79. The molecule has 16 heteroatoms. The summed E-state index contributed by atoms with van der Waals surface area (Å²) < 4.78 is 37.7. The molecular weight excluding hydrogens is 518 g/mol. The Bertz CT molecular complexity index is 881. The minimum atomic E-state index is -1.75. The summed E-state index contributed by atoms with van der Waals surface area (Å²) in [7, 11) is 0. The number of aliphatic hydroxyl groups excluding tert-OH is 3. The molecule has 2 rings (SSSR count). The molecule has 0 saturated carbocycles. The van der Waals surface area contributed by atoms with Crippen LogP contribution in [0.15, 0.2) is 0 Å². The van der Waals surface area contributed by atoms with Gasteiger partial charge in [-0.3, -0.25) is 24.0 Å². The summed E-state index contributed by atoms with van der Waals surface area (Å²) in [5.74, 6) is -3.94. The van der Waals surface area contributed by atoms with Crippen molar-refractivity contribution in [2.45, 2.75) is 96.0 Å². The highest BCUT2D eigenvalue weighted by Gasteiger charge is 2.55. The van der Waals surface area contributed by atoms with Gasteiger partial charge in [0.1, 0.15) is 37.1 Å². The number of amides is 1. The summed E-state index contributed by atoms with van der Waals surface area (Å²) in [6, 6.07) is -1.41. The zero-order valence-corrected chi connectivity index (χ0v) is 21.4. The lowest BCUT2D eigenvalue weighted by Crippen LogP contribution is -2.68. The Morgan fingerprint density at radius 1 is 0.737 bits per heavy atom. The summed E-state index contributed by atoms with van der Waals surface area (Å²) in [6.07, 6.45) is -14.0. The van der Waals surface area contributed by atoms with Gasteiger partial charge in [-0.05, 0) is 0 Å². The van der Waals surface area contributed by atoms with E-state index in [0.717, 1.165) is 34.6 Å². The molecule has 16 nitrogen and oxygen atoms in total. The quantitative estimate of drug-likeness (QED) is 0.166. The number of hydrogen-bond acceptors (Lipinski definition) is 15. The normalized spacial score (nSPS) is 34.9. The zero-order chi connectivity index (χ0) is 28.7. The van der Waals surface area contributed by atoms with E-state index in [4.69, 9.17) is 33.2 Å². The van der Waals surface area contributed by atoms with Gasteiger partial charge in [0, 0.05) is 34.6 Å². The largest absolute Gasteiger partial charge is 0.463 e. The summed E-state index contributed by atoms with van der Waals surface area (Å²) in [4.78, 5) is 59.0. The summed E-state index contributed by atoms with van der Waals surface area (Å²) in [5.41, 5.74) is 0. The molecule has 0 spiro atoms. The van der Waals surface area contributed by atoms with Crippen molar-refractivity contribution >= 4 is 29.8 Å².